The average molecular weight is 340 g/mol. The van der Waals surface area contributed by atoms with Gasteiger partial charge in [0, 0.05) is 21.4 Å². The number of esters is 1. The highest BCUT2D eigenvalue weighted by Gasteiger charge is 2.23. The zero-order valence-corrected chi connectivity index (χ0v) is 14.6. The van der Waals surface area contributed by atoms with Crippen LogP contribution >= 0.6 is 11.3 Å². The van der Waals surface area contributed by atoms with E-state index in [-0.39, 0.29) is 5.97 Å². The molecule has 4 heteroatoms. The number of thiophene rings is 1. The number of hydrogen-bond donors (Lipinski definition) is 0. The molecule has 3 aromatic rings. The Hall–Kier alpha value is -2.33. The molecule has 0 spiro atoms. The van der Waals surface area contributed by atoms with Crippen molar-refractivity contribution in [1.29, 1.82) is 0 Å². The Morgan fingerprint density at radius 2 is 1.92 bits per heavy atom. The minimum Gasteiger partial charge on any atom is -0.478 e. The van der Waals surface area contributed by atoms with Gasteiger partial charge in [0.2, 0.25) is 0 Å². The molecule has 1 atom stereocenters. The molecule has 2 aromatic carbocycles. The Morgan fingerprint density at radius 1 is 1.12 bits per heavy atom. The SMILES string of the molecule is CCc1cc2c(O[C@H](Cc3ccccc3)C(=O)OC)cccc2s1. The van der Waals surface area contributed by atoms with Crippen LogP contribution in [0.4, 0.5) is 0 Å². The molecule has 0 aliphatic carbocycles. The summed E-state index contributed by atoms with van der Waals surface area (Å²) in [7, 11) is 1.39. The standard InChI is InChI=1S/C20H20O3S/c1-3-15-13-16-17(10-7-11-19(16)24-15)23-18(20(21)22-2)12-14-8-5-4-6-9-14/h4-11,13,18H,3,12H2,1-2H3/t18-/m1/s1. The van der Waals surface area contributed by atoms with Crippen LogP contribution in [0.3, 0.4) is 0 Å². The second-order valence-corrected chi connectivity index (χ2v) is 6.72. The molecule has 0 bridgehead atoms. The van der Waals surface area contributed by atoms with Gasteiger partial charge in [0.1, 0.15) is 5.75 Å². The third-order valence-electron chi connectivity index (χ3n) is 3.92. The van der Waals surface area contributed by atoms with Gasteiger partial charge in [-0.15, -0.1) is 11.3 Å². The van der Waals surface area contributed by atoms with Crippen LogP contribution in [-0.2, 0) is 22.4 Å². The maximum absolute atomic E-state index is 12.2. The van der Waals surface area contributed by atoms with Crippen LogP contribution in [0.2, 0.25) is 0 Å². The monoisotopic (exact) mass is 340 g/mol. The van der Waals surface area contributed by atoms with E-state index < -0.39 is 6.10 Å². The van der Waals surface area contributed by atoms with Gasteiger partial charge in [-0.25, -0.2) is 4.79 Å². The molecule has 0 aliphatic rings. The molecule has 0 saturated heterocycles. The van der Waals surface area contributed by atoms with Crippen LogP contribution in [0, 0.1) is 0 Å². The molecule has 24 heavy (non-hydrogen) atoms. The van der Waals surface area contributed by atoms with E-state index in [1.807, 2.05) is 42.5 Å². The van der Waals surface area contributed by atoms with E-state index >= 15 is 0 Å². The zero-order chi connectivity index (χ0) is 16.9. The van der Waals surface area contributed by atoms with Crippen molar-refractivity contribution < 1.29 is 14.3 Å². The third-order valence-corrected chi connectivity index (χ3v) is 5.16. The lowest BCUT2D eigenvalue weighted by atomic mass is 10.1. The Bertz CT molecular complexity index is 823. The van der Waals surface area contributed by atoms with Crippen molar-refractivity contribution in [2.45, 2.75) is 25.9 Å². The smallest absolute Gasteiger partial charge is 0.347 e. The number of carbonyl (C=O) groups is 1. The predicted molar refractivity (Wildman–Crippen MR) is 97.8 cm³/mol. The second-order valence-electron chi connectivity index (χ2n) is 5.55. The summed E-state index contributed by atoms with van der Waals surface area (Å²) in [5, 5.41) is 1.06. The van der Waals surface area contributed by atoms with Crippen molar-refractivity contribution in [3.63, 3.8) is 0 Å². The van der Waals surface area contributed by atoms with Gasteiger partial charge < -0.3 is 9.47 Å². The van der Waals surface area contributed by atoms with Gasteiger partial charge >= 0.3 is 5.97 Å². The van der Waals surface area contributed by atoms with Crippen molar-refractivity contribution in [3.8, 4) is 5.75 Å². The van der Waals surface area contributed by atoms with Crippen molar-refractivity contribution in [2.24, 2.45) is 0 Å². The summed E-state index contributed by atoms with van der Waals surface area (Å²) < 4.78 is 12.2. The molecule has 0 amide bonds. The molecule has 0 unspecified atom stereocenters. The molecule has 3 rings (SSSR count). The molecule has 124 valence electrons. The fraction of sp³-hybridized carbons (Fsp3) is 0.250. The van der Waals surface area contributed by atoms with Gasteiger partial charge in [0.25, 0.3) is 0 Å². The molecule has 0 aliphatic heterocycles. The number of rotatable bonds is 6. The van der Waals surface area contributed by atoms with Crippen LogP contribution < -0.4 is 4.74 Å². The van der Waals surface area contributed by atoms with Crippen LogP contribution in [0.5, 0.6) is 5.75 Å². The molecule has 1 aromatic heterocycles. The maximum Gasteiger partial charge on any atom is 0.347 e. The van der Waals surface area contributed by atoms with Crippen LogP contribution in [0.1, 0.15) is 17.4 Å². The number of benzene rings is 2. The molecule has 1 heterocycles. The van der Waals surface area contributed by atoms with Crippen LogP contribution in [0.15, 0.2) is 54.6 Å². The highest BCUT2D eigenvalue weighted by molar-refractivity contribution is 7.19. The molecular formula is C20H20O3S. The molecule has 3 nitrogen and oxygen atoms in total. The van der Waals surface area contributed by atoms with E-state index in [1.54, 1.807) is 11.3 Å². The number of hydrogen-bond acceptors (Lipinski definition) is 4. The van der Waals surface area contributed by atoms with E-state index in [4.69, 9.17) is 9.47 Å². The number of aryl methyl sites for hydroxylation is 1. The van der Waals surface area contributed by atoms with Crippen LogP contribution in [-0.4, -0.2) is 19.2 Å². The summed E-state index contributed by atoms with van der Waals surface area (Å²) in [6.45, 7) is 2.14. The fourth-order valence-electron chi connectivity index (χ4n) is 2.65. The summed E-state index contributed by atoms with van der Waals surface area (Å²) in [4.78, 5) is 13.5. The van der Waals surface area contributed by atoms with Gasteiger partial charge in [0.05, 0.1) is 7.11 Å². The topological polar surface area (TPSA) is 35.5 Å². The van der Waals surface area contributed by atoms with Crippen molar-refractivity contribution >= 4 is 27.4 Å². The Balaban J connectivity index is 1.90. The van der Waals surface area contributed by atoms with Gasteiger partial charge in [-0.1, -0.05) is 43.3 Å². The quantitative estimate of drug-likeness (QED) is 0.614. The number of fused-ring (bicyclic) bond motifs is 1. The Morgan fingerprint density at radius 3 is 2.62 bits per heavy atom. The first-order chi connectivity index (χ1) is 11.7. The van der Waals surface area contributed by atoms with E-state index in [9.17, 15) is 4.79 Å². The van der Waals surface area contributed by atoms with Gasteiger partial charge in [-0.2, -0.15) is 0 Å². The summed E-state index contributed by atoms with van der Waals surface area (Å²) in [6.07, 6.45) is 0.811. The van der Waals surface area contributed by atoms with Gasteiger partial charge in [-0.3, -0.25) is 0 Å². The third kappa shape index (κ3) is 3.60. The van der Waals surface area contributed by atoms with E-state index in [2.05, 4.69) is 19.1 Å². The van der Waals surface area contributed by atoms with E-state index in [0.29, 0.717) is 6.42 Å². The van der Waals surface area contributed by atoms with Crippen LogP contribution in [0.25, 0.3) is 10.1 Å². The van der Waals surface area contributed by atoms with Crippen molar-refractivity contribution in [2.75, 3.05) is 7.11 Å². The highest BCUT2D eigenvalue weighted by Crippen LogP contribution is 2.33. The fourth-order valence-corrected chi connectivity index (χ4v) is 3.67. The number of carbonyl (C=O) groups excluding carboxylic acids is 1. The van der Waals surface area contributed by atoms with E-state index in [1.165, 1.54) is 16.7 Å². The van der Waals surface area contributed by atoms with Crippen molar-refractivity contribution in [1.82, 2.24) is 0 Å². The lowest BCUT2D eigenvalue weighted by Crippen LogP contribution is -2.30. The zero-order valence-electron chi connectivity index (χ0n) is 13.8. The molecule has 0 saturated carbocycles. The summed E-state index contributed by atoms with van der Waals surface area (Å²) >= 11 is 1.76. The number of ether oxygens (including phenoxy) is 2. The van der Waals surface area contributed by atoms with Gasteiger partial charge in [-0.05, 0) is 30.2 Å². The largest absolute Gasteiger partial charge is 0.478 e. The highest BCUT2D eigenvalue weighted by atomic mass is 32.1. The summed E-state index contributed by atoms with van der Waals surface area (Å²) in [5.41, 5.74) is 1.04. The Labute approximate surface area is 145 Å². The lowest BCUT2D eigenvalue weighted by molar-refractivity contribution is -0.148. The molecular weight excluding hydrogens is 320 g/mol. The summed E-state index contributed by atoms with van der Waals surface area (Å²) in [6, 6.07) is 17.9. The Kier molecular flexibility index (Phi) is 5.16. The first-order valence-corrected chi connectivity index (χ1v) is 8.82. The minimum absolute atomic E-state index is 0.359. The molecule has 0 fully saturated rings. The normalized spacial score (nSPS) is 12.1. The van der Waals surface area contributed by atoms with Crippen molar-refractivity contribution in [3.05, 3.63) is 65.0 Å². The minimum atomic E-state index is -0.659. The lowest BCUT2D eigenvalue weighted by Gasteiger charge is -2.17. The number of methoxy groups -OCH3 is 1. The second kappa shape index (κ2) is 7.49. The predicted octanol–water partition coefficient (Wildman–Crippen LogP) is 4.63. The first kappa shape index (κ1) is 16.5. The first-order valence-electron chi connectivity index (χ1n) is 8.01. The average Bonchev–Trinajstić information content (AvgIpc) is 3.05. The van der Waals surface area contributed by atoms with E-state index in [0.717, 1.165) is 23.1 Å². The van der Waals surface area contributed by atoms with Gasteiger partial charge in [0.15, 0.2) is 6.10 Å². The summed E-state index contributed by atoms with van der Waals surface area (Å²) in [5.74, 6) is 0.372. The maximum atomic E-state index is 12.2. The molecule has 0 radical (unpaired) electrons. The molecule has 0 N–H and O–H groups in total.